The first-order chi connectivity index (χ1) is 38.6. The van der Waals surface area contributed by atoms with Gasteiger partial charge in [-0.15, -0.1) is 0 Å². The molecule has 13 aliphatic rings. The van der Waals surface area contributed by atoms with E-state index in [9.17, 15) is 0 Å². The second-order valence-corrected chi connectivity index (χ2v) is 22.8. The van der Waals surface area contributed by atoms with Crippen LogP contribution in [0.1, 0.15) is 173 Å². The van der Waals surface area contributed by atoms with Gasteiger partial charge < -0.3 is 85.3 Å². The summed E-state index contributed by atoms with van der Waals surface area (Å²) in [6.07, 6.45) is 19.6. The molecular formula is C62H124O18. The Hall–Kier alpha value is -0.720. The van der Waals surface area contributed by atoms with Crippen molar-refractivity contribution >= 4 is 0 Å². The largest absolute Gasteiger partial charge is 0.381 e. The maximum Gasteiger partial charge on any atom is 0.155 e. The van der Waals surface area contributed by atoms with Crippen molar-refractivity contribution in [3.05, 3.63) is 0 Å². The second-order valence-electron chi connectivity index (χ2n) is 22.8. The molecule has 0 saturated carbocycles. The molecule has 0 aromatic heterocycles. The molecule has 13 fully saturated rings. The van der Waals surface area contributed by atoms with Crippen LogP contribution in [0.2, 0.25) is 0 Å². The van der Waals surface area contributed by atoms with Crippen molar-refractivity contribution in [1.29, 1.82) is 0 Å². The van der Waals surface area contributed by atoms with Crippen molar-refractivity contribution in [1.82, 2.24) is 0 Å². The maximum atomic E-state index is 5.28. The van der Waals surface area contributed by atoms with Crippen molar-refractivity contribution < 1.29 is 85.3 Å². The van der Waals surface area contributed by atoms with Crippen LogP contribution in [-0.4, -0.2) is 208 Å². The lowest BCUT2D eigenvalue weighted by atomic mass is 10.0. The Balaban J connectivity index is 0.000000434. The van der Waals surface area contributed by atoms with E-state index in [1.54, 1.807) is 0 Å². The van der Waals surface area contributed by atoms with Crippen molar-refractivity contribution in [2.75, 3.05) is 152 Å². The van der Waals surface area contributed by atoms with Gasteiger partial charge in [-0.3, -0.25) is 0 Å². The number of hydrogen-bond acceptors (Lipinski definition) is 18. The van der Waals surface area contributed by atoms with E-state index in [0.717, 1.165) is 175 Å². The molecule has 0 radical (unpaired) electrons. The van der Waals surface area contributed by atoms with Gasteiger partial charge in [0, 0.05) is 65.4 Å². The molecule has 0 bridgehead atoms. The average Bonchev–Trinajstić information content (AvgIpc) is 4.02. The van der Waals surface area contributed by atoms with Crippen LogP contribution < -0.4 is 0 Å². The van der Waals surface area contributed by atoms with Gasteiger partial charge >= 0.3 is 0 Å². The normalized spacial score (nSPS) is 31.5. The van der Waals surface area contributed by atoms with E-state index < -0.39 is 0 Å². The predicted octanol–water partition coefficient (Wildman–Crippen LogP) is 11.2. The molecular weight excluding hydrogens is 1030 g/mol. The highest BCUT2D eigenvalue weighted by Gasteiger charge is 2.15. The van der Waals surface area contributed by atoms with Crippen LogP contribution in [0.25, 0.3) is 0 Å². The van der Waals surface area contributed by atoms with Gasteiger partial charge in [-0.05, 0) is 164 Å². The van der Waals surface area contributed by atoms with E-state index in [1.807, 2.05) is 27.7 Å². The zero-order valence-electron chi connectivity index (χ0n) is 53.3. The molecule has 13 saturated heterocycles. The number of ether oxygens (including phenoxy) is 18. The van der Waals surface area contributed by atoms with Crippen LogP contribution in [0, 0.1) is 23.7 Å². The Morgan fingerprint density at radius 1 is 0.188 bits per heavy atom. The van der Waals surface area contributed by atoms with Gasteiger partial charge in [0.25, 0.3) is 0 Å². The summed E-state index contributed by atoms with van der Waals surface area (Å²) in [5.41, 5.74) is 0. The Morgan fingerprint density at radius 3 is 0.787 bits per heavy atom. The first-order valence-electron chi connectivity index (χ1n) is 31.4. The van der Waals surface area contributed by atoms with Gasteiger partial charge in [0.05, 0.1) is 122 Å². The van der Waals surface area contributed by atoms with Crippen molar-refractivity contribution in [3.63, 3.8) is 0 Å². The molecule has 0 aliphatic carbocycles. The summed E-state index contributed by atoms with van der Waals surface area (Å²) in [6, 6.07) is 0. The summed E-state index contributed by atoms with van der Waals surface area (Å²) in [7, 11) is 0. The van der Waals surface area contributed by atoms with E-state index in [1.165, 1.54) is 70.6 Å². The summed E-state index contributed by atoms with van der Waals surface area (Å²) in [4.78, 5) is 0. The minimum absolute atomic E-state index is 0.0359. The molecule has 18 heteroatoms. The zero-order chi connectivity index (χ0) is 58.7. The van der Waals surface area contributed by atoms with Gasteiger partial charge in [-0.25, -0.2) is 0 Å². The molecule has 0 spiro atoms. The van der Waals surface area contributed by atoms with Crippen LogP contribution in [0.4, 0.5) is 0 Å². The molecule has 0 aromatic carbocycles. The molecule has 0 aromatic rings. The molecule has 13 rings (SSSR count). The third-order valence-corrected chi connectivity index (χ3v) is 13.5. The van der Waals surface area contributed by atoms with Crippen LogP contribution in [0.3, 0.4) is 0 Å². The minimum Gasteiger partial charge on any atom is -0.381 e. The Labute approximate surface area is 488 Å². The summed E-state index contributed by atoms with van der Waals surface area (Å²) in [6.45, 7) is 47.2. The van der Waals surface area contributed by atoms with Gasteiger partial charge in [-0.1, -0.05) is 27.7 Å². The Bertz CT molecular complexity index is 1010. The number of epoxide rings is 1. The fourth-order valence-electron chi connectivity index (χ4n) is 7.48. The van der Waals surface area contributed by atoms with E-state index in [4.69, 9.17) is 85.3 Å². The summed E-state index contributed by atoms with van der Waals surface area (Å²) >= 11 is 0. The topological polar surface area (TPSA) is 169 Å². The van der Waals surface area contributed by atoms with Gasteiger partial charge in [0.2, 0.25) is 0 Å². The summed E-state index contributed by atoms with van der Waals surface area (Å²) in [5.74, 6) is 3.39. The van der Waals surface area contributed by atoms with E-state index in [0.29, 0.717) is 56.3 Å². The van der Waals surface area contributed by atoms with Crippen LogP contribution in [-0.2, 0) is 85.3 Å². The predicted molar refractivity (Wildman–Crippen MR) is 313 cm³/mol. The van der Waals surface area contributed by atoms with Gasteiger partial charge in [0.1, 0.15) is 13.6 Å². The zero-order valence-corrected chi connectivity index (χ0v) is 53.3. The third-order valence-electron chi connectivity index (χ3n) is 13.5. The van der Waals surface area contributed by atoms with Crippen molar-refractivity contribution in [3.8, 4) is 0 Å². The lowest BCUT2D eigenvalue weighted by Gasteiger charge is -2.20. The highest BCUT2D eigenvalue weighted by atomic mass is 16.7. The SMILES string of the molecule is CC1CCCCO1.CC1CCCO1.CC1CCCOC1.CC1CCO1.CC1CCOC1.CC1CCOCC1.CC1CCOCO1.CC1CO1.CC1COC1.CC1COCCO1.CC1COCO1.CC1OCCCO1.CC1OCCO1. The lowest BCUT2D eigenvalue weighted by Crippen LogP contribution is -2.25. The highest BCUT2D eigenvalue weighted by molar-refractivity contribution is 4.61. The quantitative estimate of drug-likeness (QED) is 0.210. The third kappa shape index (κ3) is 55.2. The molecule has 9 unspecified atom stereocenters. The Kier molecular flexibility index (Phi) is 53.0. The van der Waals surface area contributed by atoms with E-state index in [2.05, 4.69) is 62.3 Å². The first kappa shape index (κ1) is 77.3. The van der Waals surface area contributed by atoms with Crippen molar-refractivity contribution in [2.45, 2.75) is 229 Å². The average molecular weight is 1160 g/mol. The van der Waals surface area contributed by atoms with Crippen LogP contribution in [0.5, 0.6) is 0 Å². The highest BCUT2D eigenvalue weighted by Crippen LogP contribution is 2.14. The molecule has 80 heavy (non-hydrogen) atoms. The molecule has 9 atom stereocenters. The number of rotatable bonds is 0. The maximum absolute atomic E-state index is 5.28. The molecule has 0 N–H and O–H groups in total. The fourth-order valence-corrected chi connectivity index (χ4v) is 7.48. The van der Waals surface area contributed by atoms with E-state index in [-0.39, 0.29) is 12.6 Å². The summed E-state index contributed by atoms with van der Waals surface area (Å²) in [5, 5.41) is 0. The van der Waals surface area contributed by atoms with Gasteiger partial charge in [0.15, 0.2) is 12.6 Å². The van der Waals surface area contributed by atoms with Gasteiger partial charge in [-0.2, -0.15) is 0 Å². The minimum atomic E-state index is 0.0359. The summed E-state index contributed by atoms with van der Waals surface area (Å²) < 4.78 is 90.2. The van der Waals surface area contributed by atoms with Crippen LogP contribution in [0.15, 0.2) is 0 Å². The van der Waals surface area contributed by atoms with Crippen molar-refractivity contribution in [2.24, 2.45) is 23.7 Å². The first-order valence-corrected chi connectivity index (χ1v) is 31.4. The second kappa shape index (κ2) is 54.9. The lowest BCUT2D eigenvalue weighted by molar-refractivity contribution is -0.167. The molecule has 480 valence electrons. The van der Waals surface area contributed by atoms with Crippen LogP contribution >= 0.6 is 0 Å². The number of hydrogen-bond donors (Lipinski definition) is 0. The molecule has 13 aliphatic heterocycles. The van der Waals surface area contributed by atoms with E-state index >= 15 is 0 Å². The standard InChI is InChI=1S/3C6H12O.3C5H10O2.2C5H10O.2C4H8O2.2C4H8O.C3H6O/c1-6-2-4-7-5-3-6;1-6-3-2-4-7-5-6;1-6-4-2-3-5-7-6;1-5-4-6-2-3-7-5;1-5-2-3-6-4-7-5;1-5-6-3-2-4-7-5;1-5-2-3-6-4-5;1-5-3-2-4-6-5;1-4-2-5-3-6-4;1-4-5-2-3-6-4;1-4-2-5-3-4;1-4-2-3-5-4;1-3-2-4-3/h3*6H,2-5H2,1H3;3*5H,2-4H2,1H3;2*5H,2-4H2,1H3;2*4H,2-3H2,1H3;2*4H,2-3H2,1H3;3H,2H2,1H3. The fraction of sp³-hybridized carbons (Fsp3) is 1.00. The molecule has 13 heterocycles. The monoisotopic (exact) mass is 1160 g/mol. The molecule has 0 amide bonds. The Morgan fingerprint density at radius 2 is 0.588 bits per heavy atom. The smallest absolute Gasteiger partial charge is 0.155 e. The molecule has 18 nitrogen and oxygen atoms in total.